The van der Waals surface area contributed by atoms with E-state index in [-0.39, 0.29) is 11.4 Å². The van der Waals surface area contributed by atoms with Crippen LogP contribution >= 0.6 is 11.3 Å². The number of aromatic nitrogens is 2. The van der Waals surface area contributed by atoms with Crippen molar-refractivity contribution in [2.45, 2.75) is 45.6 Å². The molecular formula is C22H25N3OS. The number of carbonyl (C=O) groups excluding carboxylic acids is 1. The summed E-state index contributed by atoms with van der Waals surface area (Å²) in [5, 5.41) is 6.15. The average Bonchev–Trinajstić information content (AvgIpc) is 3.11. The van der Waals surface area contributed by atoms with Crippen molar-refractivity contribution in [1.82, 2.24) is 15.3 Å². The average molecular weight is 380 g/mol. The van der Waals surface area contributed by atoms with Crippen molar-refractivity contribution in [2.75, 3.05) is 0 Å². The highest BCUT2D eigenvalue weighted by molar-refractivity contribution is 7.13. The number of benzene rings is 1. The molecule has 1 aromatic carbocycles. The second-order valence-corrected chi connectivity index (χ2v) is 8.33. The summed E-state index contributed by atoms with van der Waals surface area (Å²) in [6.07, 6.45) is 5.42. The Morgan fingerprint density at radius 1 is 1.11 bits per heavy atom. The summed E-state index contributed by atoms with van der Waals surface area (Å²) in [7, 11) is 0. The molecule has 0 aliphatic heterocycles. The lowest BCUT2D eigenvalue weighted by Crippen LogP contribution is -2.45. The molecule has 0 aliphatic rings. The van der Waals surface area contributed by atoms with Crippen molar-refractivity contribution >= 4 is 17.2 Å². The maximum absolute atomic E-state index is 12.4. The van der Waals surface area contributed by atoms with Crippen LogP contribution < -0.4 is 5.32 Å². The predicted octanol–water partition coefficient (Wildman–Crippen LogP) is 4.58. The molecule has 3 aromatic rings. The van der Waals surface area contributed by atoms with E-state index in [1.165, 1.54) is 11.1 Å². The standard InChI is InChI=1S/C22H25N3OS/c1-16-4-6-17(7-5-16)14-22(2,3)25-20(26)9-8-19-15-27-21(24-19)18-10-12-23-13-11-18/h4-7,10-13,15H,8-9,14H2,1-3H3,(H,25,26). The highest BCUT2D eigenvalue weighted by Gasteiger charge is 2.21. The van der Waals surface area contributed by atoms with Crippen LogP contribution in [0.1, 0.15) is 37.1 Å². The van der Waals surface area contributed by atoms with Gasteiger partial charge in [-0.1, -0.05) is 29.8 Å². The second kappa shape index (κ2) is 8.44. The minimum Gasteiger partial charge on any atom is -0.351 e. The summed E-state index contributed by atoms with van der Waals surface area (Å²) in [4.78, 5) is 21.1. The van der Waals surface area contributed by atoms with Gasteiger partial charge in [-0.3, -0.25) is 9.78 Å². The van der Waals surface area contributed by atoms with Crippen LogP contribution in [0.2, 0.25) is 0 Å². The summed E-state index contributed by atoms with van der Waals surface area (Å²) in [5.74, 6) is 0.0607. The lowest BCUT2D eigenvalue weighted by Gasteiger charge is -2.26. The molecule has 0 spiro atoms. The molecule has 0 saturated carbocycles. The van der Waals surface area contributed by atoms with E-state index < -0.39 is 0 Å². The van der Waals surface area contributed by atoms with Crippen LogP contribution in [-0.4, -0.2) is 21.4 Å². The molecule has 0 fully saturated rings. The summed E-state index contributed by atoms with van der Waals surface area (Å²) < 4.78 is 0. The summed E-state index contributed by atoms with van der Waals surface area (Å²) in [5.41, 5.74) is 4.21. The third kappa shape index (κ3) is 5.73. The van der Waals surface area contributed by atoms with E-state index in [0.29, 0.717) is 12.8 Å². The summed E-state index contributed by atoms with van der Waals surface area (Å²) in [6, 6.07) is 12.4. The van der Waals surface area contributed by atoms with Crippen molar-refractivity contribution in [1.29, 1.82) is 0 Å². The largest absolute Gasteiger partial charge is 0.351 e. The molecule has 27 heavy (non-hydrogen) atoms. The van der Waals surface area contributed by atoms with Crippen molar-refractivity contribution < 1.29 is 4.79 Å². The normalized spacial score (nSPS) is 11.4. The topological polar surface area (TPSA) is 54.9 Å². The maximum Gasteiger partial charge on any atom is 0.220 e. The van der Waals surface area contributed by atoms with Crippen LogP contribution in [0.3, 0.4) is 0 Å². The fourth-order valence-corrected chi connectivity index (χ4v) is 3.85. The molecular weight excluding hydrogens is 354 g/mol. The number of nitrogens with one attached hydrogen (secondary N) is 1. The van der Waals surface area contributed by atoms with Gasteiger partial charge < -0.3 is 5.32 Å². The van der Waals surface area contributed by atoms with Gasteiger partial charge in [0.25, 0.3) is 0 Å². The van der Waals surface area contributed by atoms with Crippen molar-refractivity contribution in [2.24, 2.45) is 0 Å². The van der Waals surface area contributed by atoms with Crippen molar-refractivity contribution in [3.05, 3.63) is 71.0 Å². The molecule has 0 unspecified atom stereocenters. The van der Waals surface area contributed by atoms with Gasteiger partial charge in [0.05, 0.1) is 5.69 Å². The summed E-state index contributed by atoms with van der Waals surface area (Å²) >= 11 is 1.60. The first kappa shape index (κ1) is 19.2. The predicted molar refractivity (Wildman–Crippen MR) is 111 cm³/mol. The Morgan fingerprint density at radius 3 is 2.52 bits per heavy atom. The Bertz CT molecular complexity index is 885. The molecule has 140 valence electrons. The SMILES string of the molecule is Cc1ccc(CC(C)(C)NC(=O)CCc2csc(-c3ccncc3)n2)cc1. The fraction of sp³-hybridized carbons (Fsp3) is 0.318. The van der Waals surface area contributed by atoms with Crippen molar-refractivity contribution in [3.63, 3.8) is 0 Å². The molecule has 1 amide bonds. The van der Waals surface area contributed by atoms with Crippen LogP contribution in [0, 0.1) is 6.92 Å². The van der Waals surface area contributed by atoms with Gasteiger partial charge in [0.15, 0.2) is 0 Å². The smallest absolute Gasteiger partial charge is 0.220 e. The molecule has 4 nitrogen and oxygen atoms in total. The maximum atomic E-state index is 12.4. The highest BCUT2D eigenvalue weighted by Crippen LogP contribution is 2.23. The zero-order valence-corrected chi connectivity index (χ0v) is 16.8. The quantitative estimate of drug-likeness (QED) is 0.653. The lowest BCUT2D eigenvalue weighted by molar-refractivity contribution is -0.122. The number of thiazole rings is 1. The number of nitrogens with zero attached hydrogens (tertiary/aromatic N) is 2. The molecule has 0 radical (unpaired) electrons. The van der Waals surface area contributed by atoms with Gasteiger partial charge >= 0.3 is 0 Å². The first-order valence-electron chi connectivity index (χ1n) is 9.13. The van der Waals surface area contributed by atoms with Crippen LogP contribution in [-0.2, 0) is 17.6 Å². The minimum absolute atomic E-state index is 0.0607. The van der Waals surface area contributed by atoms with E-state index in [2.05, 4.69) is 60.3 Å². The second-order valence-electron chi connectivity index (χ2n) is 7.47. The molecule has 1 N–H and O–H groups in total. The number of amides is 1. The third-order valence-electron chi connectivity index (χ3n) is 4.33. The third-order valence-corrected chi connectivity index (χ3v) is 5.27. The Hall–Kier alpha value is -2.53. The van der Waals surface area contributed by atoms with E-state index in [1.54, 1.807) is 23.7 Å². The van der Waals surface area contributed by atoms with E-state index in [9.17, 15) is 4.79 Å². The zero-order valence-electron chi connectivity index (χ0n) is 16.0. The molecule has 2 heterocycles. The van der Waals surface area contributed by atoms with Gasteiger partial charge in [-0.2, -0.15) is 0 Å². The van der Waals surface area contributed by atoms with E-state index in [1.807, 2.05) is 17.5 Å². The molecule has 5 heteroatoms. The molecule has 0 atom stereocenters. The monoisotopic (exact) mass is 379 g/mol. The Morgan fingerprint density at radius 2 is 1.81 bits per heavy atom. The zero-order chi connectivity index (χ0) is 19.3. The molecule has 0 aliphatic carbocycles. The number of carbonyl (C=O) groups is 1. The molecule has 2 aromatic heterocycles. The number of aryl methyl sites for hydroxylation is 2. The minimum atomic E-state index is -0.281. The van der Waals surface area contributed by atoms with Crippen LogP contribution in [0.4, 0.5) is 0 Å². The molecule has 0 bridgehead atoms. The van der Waals surface area contributed by atoms with Crippen LogP contribution in [0.5, 0.6) is 0 Å². The Labute approximate surface area is 164 Å². The van der Waals surface area contributed by atoms with E-state index in [4.69, 9.17) is 0 Å². The van der Waals surface area contributed by atoms with Gasteiger partial charge in [-0.05, 0) is 51.3 Å². The Balaban J connectivity index is 1.52. The Kier molecular flexibility index (Phi) is 6.01. The van der Waals surface area contributed by atoms with Crippen molar-refractivity contribution in [3.8, 4) is 10.6 Å². The van der Waals surface area contributed by atoms with E-state index >= 15 is 0 Å². The number of rotatable bonds is 7. The van der Waals surface area contributed by atoms with E-state index in [0.717, 1.165) is 22.7 Å². The molecule has 0 saturated heterocycles. The van der Waals surface area contributed by atoms with Gasteiger partial charge in [-0.15, -0.1) is 11.3 Å². The lowest BCUT2D eigenvalue weighted by atomic mass is 9.94. The molecule has 3 rings (SSSR count). The number of pyridine rings is 1. The fourth-order valence-electron chi connectivity index (χ4n) is 2.99. The van der Waals surface area contributed by atoms with Gasteiger partial charge in [0, 0.05) is 35.3 Å². The first-order chi connectivity index (χ1) is 12.9. The van der Waals surface area contributed by atoms with Gasteiger partial charge in [0.1, 0.15) is 5.01 Å². The number of hydrogen-bond acceptors (Lipinski definition) is 4. The van der Waals surface area contributed by atoms with Crippen LogP contribution in [0.25, 0.3) is 10.6 Å². The highest BCUT2D eigenvalue weighted by atomic mass is 32.1. The summed E-state index contributed by atoms with van der Waals surface area (Å²) in [6.45, 7) is 6.21. The van der Waals surface area contributed by atoms with Gasteiger partial charge in [0.2, 0.25) is 5.91 Å². The van der Waals surface area contributed by atoms with Gasteiger partial charge in [-0.25, -0.2) is 4.98 Å². The van der Waals surface area contributed by atoms with Crippen LogP contribution in [0.15, 0.2) is 54.2 Å². The number of hydrogen-bond donors (Lipinski definition) is 1. The first-order valence-corrected chi connectivity index (χ1v) is 10.0.